The Hall–Kier alpha value is -0.630. The molecule has 2 N–H and O–H groups in total. The molecule has 0 spiro atoms. The van der Waals surface area contributed by atoms with E-state index in [1.54, 1.807) is 34.9 Å². The van der Waals surface area contributed by atoms with Crippen LogP contribution in [-0.2, 0) is 0 Å². The zero-order chi connectivity index (χ0) is 13.0. The maximum absolute atomic E-state index is 5.93. The molecule has 0 saturated heterocycles. The van der Waals surface area contributed by atoms with Crippen molar-refractivity contribution in [2.75, 3.05) is 6.26 Å². The Morgan fingerprint density at radius 3 is 2.67 bits per heavy atom. The van der Waals surface area contributed by atoms with Crippen LogP contribution in [0.3, 0.4) is 0 Å². The predicted octanol–water partition coefficient (Wildman–Crippen LogP) is 3.22. The van der Waals surface area contributed by atoms with E-state index >= 15 is 0 Å². The molecule has 0 amide bonds. The quantitative estimate of drug-likeness (QED) is 0.855. The van der Waals surface area contributed by atoms with Crippen LogP contribution in [0.2, 0.25) is 0 Å². The van der Waals surface area contributed by atoms with Crippen molar-refractivity contribution in [3.05, 3.63) is 24.0 Å². The number of nitrogens with zero attached hydrogens (tertiary/aromatic N) is 3. The Balaban J connectivity index is 2.06. The van der Waals surface area contributed by atoms with Crippen LogP contribution in [0.5, 0.6) is 0 Å². The molecule has 0 aliphatic rings. The normalized spacial score (nSPS) is 12.6. The Labute approximate surface area is 119 Å². The Bertz CT molecular complexity index is 497. The van der Waals surface area contributed by atoms with Gasteiger partial charge in [0.1, 0.15) is 0 Å². The molecule has 0 saturated carbocycles. The summed E-state index contributed by atoms with van der Waals surface area (Å²) in [5.74, 6) is 0. The molecule has 7 heteroatoms. The smallest absolute Gasteiger partial charge is 0.179 e. The van der Waals surface area contributed by atoms with E-state index in [0.29, 0.717) is 0 Å². The second kappa shape index (κ2) is 6.51. The molecule has 1 unspecified atom stereocenters. The first kappa shape index (κ1) is 13.8. The summed E-state index contributed by atoms with van der Waals surface area (Å²) >= 11 is 4.78. The van der Waals surface area contributed by atoms with Gasteiger partial charge in [-0.2, -0.15) is 0 Å². The number of aromatic nitrogens is 3. The van der Waals surface area contributed by atoms with Gasteiger partial charge in [-0.25, -0.2) is 0 Å². The summed E-state index contributed by atoms with van der Waals surface area (Å²) in [6, 6.07) is 4.03. The van der Waals surface area contributed by atoms with E-state index in [1.165, 1.54) is 0 Å². The SMILES string of the molecule is CCC(N)c1ccc(Sc2nnc(SC)s2)cn1. The van der Waals surface area contributed by atoms with Crippen LogP contribution >= 0.6 is 34.9 Å². The van der Waals surface area contributed by atoms with Crippen molar-refractivity contribution in [3.8, 4) is 0 Å². The molecule has 0 bridgehead atoms. The molecule has 1 atom stereocenters. The summed E-state index contributed by atoms with van der Waals surface area (Å²) in [6.45, 7) is 2.06. The summed E-state index contributed by atoms with van der Waals surface area (Å²) < 4.78 is 1.92. The largest absolute Gasteiger partial charge is 0.323 e. The third-order valence-electron chi connectivity index (χ3n) is 2.35. The second-order valence-electron chi connectivity index (χ2n) is 3.57. The van der Waals surface area contributed by atoms with Crippen LogP contribution < -0.4 is 5.73 Å². The van der Waals surface area contributed by atoms with Crippen molar-refractivity contribution in [2.24, 2.45) is 5.73 Å². The van der Waals surface area contributed by atoms with E-state index in [0.717, 1.165) is 25.7 Å². The molecular formula is C11H14N4S3. The number of hydrogen-bond donors (Lipinski definition) is 1. The van der Waals surface area contributed by atoms with Crippen molar-refractivity contribution in [1.82, 2.24) is 15.2 Å². The van der Waals surface area contributed by atoms with Crippen molar-refractivity contribution >= 4 is 34.9 Å². The van der Waals surface area contributed by atoms with E-state index in [4.69, 9.17) is 5.73 Å². The molecule has 4 nitrogen and oxygen atoms in total. The summed E-state index contributed by atoms with van der Waals surface area (Å²) in [5, 5.41) is 8.17. The fourth-order valence-electron chi connectivity index (χ4n) is 1.30. The van der Waals surface area contributed by atoms with Gasteiger partial charge in [0.2, 0.25) is 0 Å². The lowest BCUT2D eigenvalue weighted by atomic mass is 10.1. The highest BCUT2D eigenvalue weighted by Gasteiger charge is 2.07. The van der Waals surface area contributed by atoms with Gasteiger partial charge in [-0.3, -0.25) is 4.98 Å². The Morgan fingerprint density at radius 1 is 1.33 bits per heavy atom. The van der Waals surface area contributed by atoms with Crippen LogP contribution in [-0.4, -0.2) is 21.4 Å². The van der Waals surface area contributed by atoms with Crippen molar-refractivity contribution in [1.29, 1.82) is 0 Å². The van der Waals surface area contributed by atoms with Gasteiger partial charge >= 0.3 is 0 Å². The van der Waals surface area contributed by atoms with Gasteiger partial charge in [0, 0.05) is 17.1 Å². The van der Waals surface area contributed by atoms with E-state index in [-0.39, 0.29) is 6.04 Å². The lowest BCUT2D eigenvalue weighted by Gasteiger charge is -2.07. The number of hydrogen-bond acceptors (Lipinski definition) is 7. The van der Waals surface area contributed by atoms with Crippen LogP contribution in [0.1, 0.15) is 25.1 Å². The molecule has 96 valence electrons. The fourth-order valence-corrected chi connectivity index (χ4v) is 3.68. The molecule has 2 rings (SSSR count). The number of nitrogens with two attached hydrogens (primary N) is 1. The summed E-state index contributed by atoms with van der Waals surface area (Å²) in [6.07, 6.45) is 4.74. The second-order valence-corrected chi connectivity index (χ2v) is 6.93. The van der Waals surface area contributed by atoms with Gasteiger partial charge in [-0.1, -0.05) is 41.8 Å². The first-order valence-corrected chi connectivity index (χ1v) is 8.35. The zero-order valence-electron chi connectivity index (χ0n) is 10.2. The van der Waals surface area contributed by atoms with Crippen LogP contribution in [0.15, 0.2) is 31.9 Å². The predicted molar refractivity (Wildman–Crippen MR) is 77.3 cm³/mol. The number of rotatable bonds is 5. The topological polar surface area (TPSA) is 64.7 Å². The Morgan fingerprint density at radius 2 is 2.11 bits per heavy atom. The highest BCUT2D eigenvalue weighted by atomic mass is 32.2. The molecule has 0 fully saturated rings. The van der Waals surface area contributed by atoms with Gasteiger partial charge in [-0.05, 0) is 24.8 Å². The molecule has 0 aromatic carbocycles. The van der Waals surface area contributed by atoms with Crippen molar-refractivity contribution in [2.45, 2.75) is 33.0 Å². The van der Waals surface area contributed by atoms with Gasteiger partial charge in [0.15, 0.2) is 8.68 Å². The standard InChI is InChI=1S/C11H14N4S3/c1-3-8(12)9-5-4-7(6-13-9)17-11-15-14-10(16-2)18-11/h4-6,8H,3,12H2,1-2H3. The average Bonchev–Trinajstić information content (AvgIpc) is 2.86. The molecule has 2 aromatic rings. The minimum atomic E-state index is 0.0219. The molecule has 18 heavy (non-hydrogen) atoms. The third kappa shape index (κ3) is 3.44. The maximum atomic E-state index is 5.93. The molecule has 0 aliphatic carbocycles. The monoisotopic (exact) mass is 298 g/mol. The van der Waals surface area contributed by atoms with Crippen molar-refractivity contribution in [3.63, 3.8) is 0 Å². The van der Waals surface area contributed by atoms with Crippen molar-refractivity contribution < 1.29 is 0 Å². The summed E-state index contributed by atoms with van der Waals surface area (Å²) in [5.41, 5.74) is 6.86. The van der Waals surface area contributed by atoms with Gasteiger partial charge in [0.25, 0.3) is 0 Å². The van der Waals surface area contributed by atoms with E-state index in [2.05, 4.69) is 22.1 Å². The first-order valence-electron chi connectivity index (χ1n) is 5.49. The third-order valence-corrected chi connectivity index (χ3v) is 5.27. The Kier molecular flexibility index (Phi) is 4.99. The molecule has 0 aliphatic heterocycles. The van der Waals surface area contributed by atoms with E-state index < -0.39 is 0 Å². The van der Waals surface area contributed by atoms with Gasteiger partial charge in [-0.15, -0.1) is 10.2 Å². The zero-order valence-corrected chi connectivity index (χ0v) is 12.6. The lowest BCUT2D eigenvalue weighted by Crippen LogP contribution is -2.10. The van der Waals surface area contributed by atoms with Crippen LogP contribution in [0, 0.1) is 0 Å². The minimum Gasteiger partial charge on any atom is -0.323 e. The molecule has 0 radical (unpaired) electrons. The van der Waals surface area contributed by atoms with Crippen LogP contribution in [0.25, 0.3) is 0 Å². The fraction of sp³-hybridized carbons (Fsp3) is 0.364. The summed E-state index contributed by atoms with van der Waals surface area (Å²) in [7, 11) is 0. The van der Waals surface area contributed by atoms with E-state index in [9.17, 15) is 0 Å². The highest BCUT2D eigenvalue weighted by molar-refractivity contribution is 8.03. The number of thioether (sulfide) groups is 1. The lowest BCUT2D eigenvalue weighted by molar-refractivity contribution is 0.674. The average molecular weight is 298 g/mol. The maximum Gasteiger partial charge on any atom is 0.179 e. The molecule has 2 aromatic heterocycles. The van der Waals surface area contributed by atoms with Gasteiger partial charge < -0.3 is 5.73 Å². The van der Waals surface area contributed by atoms with E-state index in [1.807, 2.05) is 24.6 Å². The van der Waals surface area contributed by atoms with Gasteiger partial charge in [0.05, 0.1) is 5.69 Å². The first-order chi connectivity index (χ1) is 8.72. The summed E-state index contributed by atoms with van der Waals surface area (Å²) in [4.78, 5) is 5.44. The highest BCUT2D eigenvalue weighted by Crippen LogP contribution is 2.32. The molecule has 2 heterocycles. The minimum absolute atomic E-state index is 0.0219. The van der Waals surface area contributed by atoms with Crippen LogP contribution in [0.4, 0.5) is 0 Å². The molecular weight excluding hydrogens is 284 g/mol. The number of pyridine rings is 1.